The average molecular weight is 257 g/mol. The highest BCUT2D eigenvalue weighted by atomic mass is 32.2. The van der Waals surface area contributed by atoms with Crippen molar-refractivity contribution in [3.63, 3.8) is 0 Å². The van der Waals surface area contributed by atoms with Gasteiger partial charge in [0.15, 0.2) is 9.84 Å². The molecule has 2 unspecified atom stereocenters. The van der Waals surface area contributed by atoms with Crippen LogP contribution in [-0.4, -0.2) is 29.5 Å². The monoisotopic (exact) mass is 257 g/mol. The summed E-state index contributed by atoms with van der Waals surface area (Å²) < 4.78 is 24.7. The molecule has 1 aliphatic rings. The van der Waals surface area contributed by atoms with Crippen LogP contribution in [0.25, 0.3) is 0 Å². The molecule has 2 heterocycles. The Morgan fingerprint density at radius 3 is 3.00 bits per heavy atom. The van der Waals surface area contributed by atoms with Gasteiger partial charge in [0.2, 0.25) is 0 Å². The summed E-state index contributed by atoms with van der Waals surface area (Å²) >= 11 is 0. The highest BCUT2D eigenvalue weighted by molar-refractivity contribution is 7.91. The number of hydrogen-bond acceptors (Lipinski definition) is 4. The number of imidazole rings is 1. The molecule has 5 nitrogen and oxygen atoms in total. The Morgan fingerprint density at radius 1 is 1.65 bits per heavy atom. The number of hydrogen-bond donors (Lipinski definition) is 1. The van der Waals surface area contributed by atoms with Crippen molar-refractivity contribution in [1.82, 2.24) is 9.55 Å². The van der Waals surface area contributed by atoms with Crippen molar-refractivity contribution in [2.24, 2.45) is 11.7 Å². The minimum Gasteiger partial charge on any atom is -0.334 e. The minimum atomic E-state index is -2.81. The first-order chi connectivity index (χ1) is 8.02. The second-order valence-corrected chi connectivity index (χ2v) is 6.91. The number of aromatic nitrogens is 2. The van der Waals surface area contributed by atoms with Gasteiger partial charge in [-0.1, -0.05) is 0 Å². The summed E-state index contributed by atoms with van der Waals surface area (Å²) in [6, 6.07) is -0.164. The van der Waals surface area contributed by atoms with Crippen molar-refractivity contribution in [3.05, 3.63) is 18.2 Å². The molecule has 6 heteroatoms. The molecule has 0 radical (unpaired) electrons. The molecule has 0 saturated carbocycles. The van der Waals surface area contributed by atoms with Crippen LogP contribution < -0.4 is 5.73 Å². The molecule has 17 heavy (non-hydrogen) atoms. The first-order valence-corrected chi connectivity index (χ1v) is 7.81. The first-order valence-electron chi connectivity index (χ1n) is 5.99. The van der Waals surface area contributed by atoms with Crippen LogP contribution in [0.3, 0.4) is 0 Å². The van der Waals surface area contributed by atoms with Gasteiger partial charge in [-0.2, -0.15) is 0 Å². The summed E-state index contributed by atoms with van der Waals surface area (Å²) in [5.41, 5.74) is 6.11. The number of rotatable bonds is 4. The Kier molecular flexibility index (Phi) is 3.53. The van der Waals surface area contributed by atoms with Crippen LogP contribution in [-0.2, 0) is 16.4 Å². The largest absolute Gasteiger partial charge is 0.334 e. The number of nitrogens with two attached hydrogens (primary N) is 1. The standard InChI is InChI=1S/C11H19N3O2S/c1-2-14-5-4-13-11(14)10(12)7-9-3-6-17(15,16)8-9/h4-5,9-10H,2-3,6-8,12H2,1H3. The molecule has 2 rings (SSSR count). The van der Waals surface area contributed by atoms with Gasteiger partial charge in [-0.3, -0.25) is 0 Å². The van der Waals surface area contributed by atoms with E-state index in [0.717, 1.165) is 18.8 Å². The Labute approximate surface area is 102 Å². The van der Waals surface area contributed by atoms with Crippen LogP contribution in [0.4, 0.5) is 0 Å². The molecule has 0 aromatic carbocycles. The highest BCUT2D eigenvalue weighted by Crippen LogP contribution is 2.27. The van der Waals surface area contributed by atoms with Gasteiger partial charge >= 0.3 is 0 Å². The molecular formula is C11H19N3O2S. The summed E-state index contributed by atoms with van der Waals surface area (Å²) in [6.07, 6.45) is 5.09. The van der Waals surface area contributed by atoms with Gasteiger partial charge in [0.1, 0.15) is 5.82 Å². The fourth-order valence-electron chi connectivity index (χ4n) is 2.44. The summed E-state index contributed by atoms with van der Waals surface area (Å²) in [5, 5.41) is 0. The van der Waals surface area contributed by atoms with Gasteiger partial charge < -0.3 is 10.3 Å². The summed E-state index contributed by atoms with van der Waals surface area (Å²) in [7, 11) is -2.81. The molecule has 0 aliphatic carbocycles. The van der Waals surface area contributed by atoms with Gasteiger partial charge in [0.05, 0.1) is 17.5 Å². The van der Waals surface area contributed by atoms with E-state index in [9.17, 15) is 8.42 Å². The lowest BCUT2D eigenvalue weighted by Crippen LogP contribution is -2.20. The van der Waals surface area contributed by atoms with E-state index >= 15 is 0 Å². The molecule has 96 valence electrons. The number of aryl methyl sites for hydroxylation is 1. The van der Waals surface area contributed by atoms with E-state index < -0.39 is 9.84 Å². The molecule has 0 spiro atoms. The van der Waals surface area contributed by atoms with Gasteiger partial charge in [-0.05, 0) is 25.7 Å². The van der Waals surface area contributed by atoms with Crippen LogP contribution in [0.5, 0.6) is 0 Å². The molecule has 1 aliphatic heterocycles. The van der Waals surface area contributed by atoms with Crippen molar-refractivity contribution in [2.45, 2.75) is 32.4 Å². The maximum absolute atomic E-state index is 11.4. The molecule has 2 N–H and O–H groups in total. The topological polar surface area (TPSA) is 78.0 Å². The van der Waals surface area contributed by atoms with E-state index in [-0.39, 0.29) is 17.7 Å². The fourth-order valence-corrected chi connectivity index (χ4v) is 4.32. The van der Waals surface area contributed by atoms with Crippen molar-refractivity contribution in [2.75, 3.05) is 11.5 Å². The Morgan fingerprint density at radius 2 is 2.41 bits per heavy atom. The molecule has 1 saturated heterocycles. The molecule has 0 bridgehead atoms. The number of nitrogens with zero attached hydrogens (tertiary/aromatic N) is 2. The molecule has 1 aromatic rings. The predicted octanol–water partition coefficient (Wildman–Crippen LogP) is 0.728. The molecular weight excluding hydrogens is 238 g/mol. The van der Waals surface area contributed by atoms with E-state index in [2.05, 4.69) is 4.98 Å². The van der Waals surface area contributed by atoms with Gasteiger partial charge in [0, 0.05) is 18.9 Å². The number of sulfone groups is 1. The van der Waals surface area contributed by atoms with Gasteiger partial charge in [0.25, 0.3) is 0 Å². The summed E-state index contributed by atoms with van der Waals surface area (Å²) in [4.78, 5) is 4.25. The third-order valence-corrected chi connectivity index (χ3v) is 5.17. The lowest BCUT2D eigenvalue weighted by atomic mass is 9.99. The Balaban J connectivity index is 2.00. The zero-order chi connectivity index (χ0) is 12.5. The van der Waals surface area contributed by atoms with E-state index in [1.807, 2.05) is 17.7 Å². The third kappa shape index (κ3) is 2.87. The third-order valence-electron chi connectivity index (χ3n) is 3.33. The lowest BCUT2D eigenvalue weighted by molar-refractivity contribution is 0.455. The quantitative estimate of drug-likeness (QED) is 0.862. The second-order valence-electron chi connectivity index (χ2n) is 4.68. The minimum absolute atomic E-state index is 0.164. The normalized spacial score (nSPS) is 24.9. The summed E-state index contributed by atoms with van der Waals surface area (Å²) in [6.45, 7) is 2.88. The van der Waals surface area contributed by atoms with Gasteiger partial charge in [-0.25, -0.2) is 13.4 Å². The van der Waals surface area contributed by atoms with E-state index in [1.165, 1.54) is 0 Å². The lowest BCUT2D eigenvalue weighted by Gasteiger charge is -2.16. The highest BCUT2D eigenvalue weighted by Gasteiger charge is 2.30. The fraction of sp³-hybridized carbons (Fsp3) is 0.727. The van der Waals surface area contributed by atoms with Crippen molar-refractivity contribution in [1.29, 1.82) is 0 Å². The molecule has 1 fully saturated rings. The zero-order valence-electron chi connectivity index (χ0n) is 10.0. The first kappa shape index (κ1) is 12.6. The molecule has 0 amide bonds. The van der Waals surface area contributed by atoms with Crippen LogP contribution in [0.2, 0.25) is 0 Å². The van der Waals surface area contributed by atoms with Crippen molar-refractivity contribution >= 4 is 9.84 Å². The van der Waals surface area contributed by atoms with Crippen LogP contribution in [0.15, 0.2) is 12.4 Å². The van der Waals surface area contributed by atoms with E-state index in [1.54, 1.807) is 6.20 Å². The Bertz CT molecular complexity index is 481. The maximum atomic E-state index is 11.4. The zero-order valence-corrected chi connectivity index (χ0v) is 10.9. The second kappa shape index (κ2) is 4.78. The van der Waals surface area contributed by atoms with Crippen LogP contribution in [0, 0.1) is 5.92 Å². The van der Waals surface area contributed by atoms with Crippen molar-refractivity contribution < 1.29 is 8.42 Å². The van der Waals surface area contributed by atoms with Crippen LogP contribution in [0.1, 0.15) is 31.6 Å². The van der Waals surface area contributed by atoms with Crippen LogP contribution >= 0.6 is 0 Å². The van der Waals surface area contributed by atoms with E-state index in [4.69, 9.17) is 5.73 Å². The Hall–Kier alpha value is -0.880. The van der Waals surface area contributed by atoms with Gasteiger partial charge in [-0.15, -0.1) is 0 Å². The van der Waals surface area contributed by atoms with E-state index in [0.29, 0.717) is 12.2 Å². The SMILES string of the molecule is CCn1ccnc1C(N)CC1CCS(=O)(=O)C1. The predicted molar refractivity (Wildman–Crippen MR) is 66.2 cm³/mol. The van der Waals surface area contributed by atoms with Crippen molar-refractivity contribution in [3.8, 4) is 0 Å². The molecule has 1 aromatic heterocycles. The smallest absolute Gasteiger partial charge is 0.150 e. The maximum Gasteiger partial charge on any atom is 0.150 e. The summed E-state index contributed by atoms with van der Waals surface area (Å²) in [5.74, 6) is 1.65. The average Bonchev–Trinajstić information content (AvgIpc) is 2.84. The molecule has 2 atom stereocenters.